The molecule has 0 spiro atoms. The van der Waals surface area contributed by atoms with Crippen LogP contribution in [-0.2, 0) is 0 Å². The fourth-order valence-corrected chi connectivity index (χ4v) is 3.29. The minimum Gasteiger partial charge on any atom is -0.454 e. The third-order valence-corrected chi connectivity index (χ3v) is 4.81. The van der Waals surface area contributed by atoms with Crippen molar-refractivity contribution in [3.63, 3.8) is 0 Å². The van der Waals surface area contributed by atoms with Crippen molar-refractivity contribution in [1.82, 2.24) is 4.98 Å². The summed E-state index contributed by atoms with van der Waals surface area (Å²) in [6.45, 7) is 4.25. The molecule has 3 aromatic rings. The van der Waals surface area contributed by atoms with Gasteiger partial charge in [0.25, 0.3) is 5.91 Å². The number of fused-ring (bicyclic) bond motifs is 2. The van der Waals surface area contributed by atoms with Crippen molar-refractivity contribution < 1.29 is 14.3 Å². The second-order valence-electron chi connectivity index (χ2n) is 5.45. The van der Waals surface area contributed by atoms with E-state index in [4.69, 9.17) is 9.47 Å². The lowest BCUT2D eigenvalue weighted by Crippen LogP contribution is -2.11. The van der Waals surface area contributed by atoms with E-state index in [1.54, 1.807) is 0 Å². The lowest BCUT2D eigenvalue weighted by atomic mass is 10.1. The Bertz CT molecular complexity index is 892. The first kappa shape index (κ1) is 14.0. The molecule has 0 bridgehead atoms. The lowest BCUT2D eigenvalue weighted by molar-refractivity contribution is 0.102. The zero-order valence-electron chi connectivity index (χ0n) is 12.7. The summed E-state index contributed by atoms with van der Waals surface area (Å²) in [6, 6.07) is 9.37. The van der Waals surface area contributed by atoms with Crippen LogP contribution in [0.15, 0.2) is 30.3 Å². The molecule has 2 heterocycles. The van der Waals surface area contributed by atoms with Crippen LogP contribution in [-0.4, -0.2) is 17.7 Å². The summed E-state index contributed by atoms with van der Waals surface area (Å²) in [5, 5.41) is 3.42. The number of nitrogens with zero attached hydrogens (tertiary/aromatic N) is 1. The first-order valence-corrected chi connectivity index (χ1v) is 8.00. The minimum absolute atomic E-state index is 0.160. The van der Waals surface area contributed by atoms with Crippen LogP contribution in [0, 0.1) is 13.8 Å². The number of hydrogen-bond donors (Lipinski definition) is 1. The van der Waals surface area contributed by atoms with E-state index in [0.29, 0.717) is 22.2 Å². The highest BCUT2D eigenvalue weighted by molar-refractivity contribution is 7.22. The normalized spacial score (nSPS) is 12.6. The summed E-state index contributed by atoms with van der Waals surface area (Å²) in [4.78, 5) is 16.8. The Hall–Kier alpha value is -2.60. The molecule has 0 unspecified atom stereocenters. The average molecular weight is 326 g/mol. The highest BCUT2D eigenvalue weighted by atomic mass is 32.1. The van der Waals surface area contributed by atoms with E-state index in [-0.39, 0.29) is 12.7 Å². The molecule has 0 saturated heterocycles. The topological polar surface area (TPSA) is 60.5 Å². The van der Waals surface area contributed by atoms with E-state index in [1.165, 1.54) is 11.3 Å². The van der Waals surface area contributed by atoms with Crippen molar-refractivity contribution in [2.75, 3.05) is 12.1 Å². The molecular formula is C17H14N2O3S. The van der Waals surface area contributed by atoms with Crippen LogP contribution >= 0.6 is 11.3 Å². The minimum atomic E-state index is -0.160. The number of nitrogens with one attached hydrogen (secondary N) is 1. The fraction of sp³-hybridized carbons (Fsp3) is 0.176. The molecule has 0 atom stereocenters. The van der Waals surface area contributed by atoms with Gasteiger partial charge in [0, 0.05) is 17.7 Å². The predicted octanol–water partition coefficient (Wildman–Crippen LogP) is 3.89. The maximum absolute atomic E-state index is 12.4. The van der Waals surface area contributed by atoms with Crippen LogP contribution in [0.3, 0.4) is 0 Å². The Kier molecular flexibility index (Phi) is 3.20. The fourth-order valence-electron chi connectivity index (χ4n) is 2.42. The van der Waals surface area contributed by atoms with Crippen LogP contribution in [0.4, 0.5) is 5.13 Å². The summed E-state index contributed by atoms with van der Waals surface area (Å²) >= 11 is 1.42. The summed E-state index contributed by atoms with van der Waals surface area (Å²) in [5.41, 5.74) is 3.67. The number of anilines is 1. The van der Waals surface area contributed by atoms with Crippen LogP contribution in [0.1, 0.15) is 21.5 Å². The van der Waals surface area contributed by atoms with Gasteiger partial charge in [0.15, 0.2) is 16.6 Å². The molecule has 5 nitrogen and oxygen atoms in total. The molecule has 1 amide bonds. The maximum atomic E-state index is 12.4. The third kappa shape index (κ3) is 2.51. The molecule has 1 aliphatic heterocycles. The number of aryl methyl sites for hydroxylation is 2. The highest BCUT2D eigenvalue weighted by Gasteiger charge is 2.17. The summed E-state index contributed by atoms with van der Waals surface area (Å²) in [5.74, 6) is 1.25. The van der Waals surface area contributed by atoms with Gasteiger partial charge in [0.1, 0.15) is 0 Å². The molecule has 6 heteroatoms. The van der Waals surface area contributed by atoms with E-state index < -0.39 is 0 Å². The molecule has 116 valence electrons. The first-order chi connectivity index (χ1) is 11.1. The molecule has 4 rings (SSSR count). The number of ether oxygens (including phenoxy) is 2. The maximum Gasteiger partial charge on any atom is 0.257 e. The first-order valence-electron chi connectivity index (χ1n) is 7.19. The second-order valence-corrected chi connectivity index (χ2v) is 6.48. The molecule has 0 aliphatic carbocycles. The van der Waals surface area contributed by atoms with E-state index >= 15 is 0 Å². The number of amides is 1. The van der Waals surface area contributed by atoms with Crippen LogP contribution in [0.25, 0.3) is 10.2 Å². The monoisotopic (exact) mass is 326 g/mol. The van der Waals surface area contributed by atoms with Crippen molar-refractivity contribution in [2.24, 2.45) is 0 Å². The average Bonchev–Trinajstić information content (AvgIpc) is 3.12. The van der Waals surface area contributed by atoms with Gasteiger partial charge in [-0.3, -0.25) is 10.1 Å². The number of hydrogen-bond acceptors (Lipinski definition) is 5. The Morgan fingerprint density at radius 1 is 1.13 bits per heavy atom. The van der Waals surface area contributed by atoms with Crippen molar-refractivity contribution in [3.8, 4) is 11.5 Å². The van der Waals surface area contributed by atoms with E-state index in [9.17, 15) is 4.79 Å². The van der Waals surface area contributed by atoms with Gasteiger partial charge in [-0.2, -0.15) is 0 Å². The van der Waals surface area contributed by atoms with Gasteiger partial charge in [-0.1, -0.05) is 17.4 Å². The number of thiazole rings is 1. The Morgan fingerprint density at radius 2 is 1.91 bits per heavy atom. The number of carbonyl (C=O) groups is 1. The molecule has 1 aromatic heterocycles. The Labute approximate surface area is 136 Å². The van der Waals surface area contributed by atoms with Crippen LogP contribution in [0.2, 0.25) is 0 Å². The lowest BCUT2D eigenvalue weighted by Gasteiger charge is -2.04. The highest BCUT2D eigenvalue weighted by Crippen LogP contribution is 2.39. The molecule has 0 fully saturated rings. The quantitative estimate of drug-likeness (QED) is 0.776. The zero-order chi connectivity index (χ0) is 16.0. The van der Waals surface area contributed by atoms with Gasteiger partial charge in [-0.25, -0.2) is 4.98 Å². The molecular weight excluding hydrogens is 312 g/mol. The van der Waals surface area contributed by atoms with E-state index in [1.807, 2.05) is 44.2 Å². The number of carbonyl (C=O) groups excluding carboxylic acids is 1. The van der Waals surface area contributed by atoms with Gasteiger partial charge >= 0.3 is 0 Å². The largest absolute Gasteiger partial charge is 0.454 e. The summed E-state index contributed by atoms with van der Waals surface area (Å²) < 4.78 is 11.7. The standard InChI is InChI=1S/C17H14N2O3S/c1-9-3-4-11(5-10(9)2)16(20)19-17-18-12-6-13-14(22-8-21-13)7-15(12)23-17/h3-7H,8H2,1-2H3,(H,18,19,20). The van der Waals surface area contributed by atoms with Gasteiger partial charge in [-0.05, 0) is 37.1 Å². The predicted molar refractivity (Wildman–Crippen MR) is 89.6 cm³/mol. The van der Waals surface area contributed by atoms with Gasteiger partial charge < -0.3 is 9.47 Å². The second kappa shape index (κ2) is 5.24. The van der Waals surface area contributed by atoms with Crippen molar-refractivity contribution in [1.29, 1.82) is 0 Å². The van der Waals surface area contributed by atoms with Crippen LogP contribution in [0.5, 0.6) is 11.5 Å². The van der Waals surface area contributed by atoms with E-state index in [0.717, 1.165) is 21.3 Å². The van der Waals surface area contributed by atoms with Crippen molar-refractivity contribution >= 4 is 32.6 Å². The van der Waals surface area contributed by atoms with E-state index in [2.05, 4.69) is 10.3 Å². The smallest absolute Gasteiger partial charge is 0.257 e. The van der Waals surface area contributed by atoms with Crippen LogP contribution < -0.4 is 14.8 Å². The molecule has 1 N–H and O–H groups in total. The van der Waals surface area contributed by atoms with Gasteiger partial charge in [-0.15, -0.1) is 0 Å². The SMILES string of the molecule is Cc1ccc(C(=O)Nc2nc3cc4c(cc3s2)OCO4)cc1C. The summed E-state index contributed by atoms with van der Waals surface area (Å²) in [7, 11) is 0. The third-order valence-electron chi connectivity index (χ3n) is 3.87. The van der Waals surface area contributed by atoms with Crippen molar-refractivity contribution in [3.05, 3.63) is 47.0 Å². The zero-order valence-corrected chi connectivity index (χ0v) is 13.5. The number of benzene rings is 2. The van der Waals surface area contributed by atoms with Gasteiger partial charge in [0.05, 0.1) is 10.2 Å². The Morgan fingerprint density at radius 3 is 2.70 bits per heavy atom. The number of rotatable bonds is 2. The number of aromatic nitrogens is 1. The van der Waals surface area contributed by atoms with Gasteiger partial charge in [0.2, 0.25) is 6.79 Å². The molecule has 0 radical (unpaired) electrons. The molecule has 0 saturated carbocycles. The van der Waals surface area contributed by atoms with Crippen molar-refractivity contribution in [2.45, 2.75) is 13.8 Å². The Balaban J connectivity index is 1.62. The molecule has 23 heavy (non-hydrogen) atoms. The summed E-state index contributed by atoms with van der Waals surface area (Å²) in [6.07, 6.45) is 0. The molecule has 1 aliphatic rings. The molecule has 2 aromatic carbocycles.